The van der Waals surface area contributed by atoms with Gasteiger partial charge in [-0.2, -0.15) is 0 Å². The van der Waals surface area contributed by atoms with Crippen molar-refractivity contribution in [3.63, 3.8) is 0 Å². The van der Waals surface area contributed by atoms with E-state index >= 15 is 0 Å². The number of aliphatic hydroxyl groups excluding tert-OH is 1. The number of imidazole rings is 1. The van der Waals surface area contributed by atoms with Crippen molar-refractivity contribution in [2.45, 2.75) is 33.0 Å². The fourth-order valence-electron chi connectivity index (χ4n) is 2.91. The number of nitrogens with zero attached hydrogens (tertiary/aromatic N) is 3. The predicted molar refractivity (Wildman–Crippen MR) is 112 cm³/mol. The molecule has 0 aliphatic heterocycles. The Bertz CT molecular complexity index is 866. The summed E-state index contributed by atoms with van der Waals surface area (Å²) in [5, 5.41) is 18.1. The SMILES string of the molecule is CN=C(NCc1nccn1CC(C)C)NCC(O)c1cc2ccccc2s1. The second-order valence-electron chi connectivity index (χ2n) is 6.90. The Morgan fingerprint density at radius 1 is 1.30 bits per heavy atom. The Labute approximate surface area is 164 Å². The van der Waals surface area contributed by atoms with Crippen LogP contribution in [0.2, 0.25) is 0 Å². The number of aliphatic imine (C=N–C) groups is 1. The number of rotatable bonds is 7. The van der Waals surface area contributed by atoms with E-state index in [-0.39, 0.29) is 0 Å². The topological polar surface area (TPSA) is 74.5 Å². The van der Waals surface area contributed by atoms with Gasteiger partial charge in [-0.3, -0.25) is 4.99 Å². The van der Waals surface area contributed by atoms with Gasteiger partial charge in [0.2, 0.25) is 0 Å². The van der Waals surface area contributed by atoms with Gasteiger partial charge >= 0.3 is 0 Å². The number of hydrogen-bond acceptors (Lipinski definition) is 4. The summed E-state index contributed by atoms with van der Waals surface area (Å²) >= 11 is 1.62. The lowest BCUT2D eigenvalue weighted by molar-refractivity contribution is 0.184. The first kappa shape index (κ1) is 19.4. The fraction of sp³-hybridized carbons (Fsp3) is 0.400. The van der Waals surface area contributed by atoms with Crippen molar-refractivity contribution in [2.24, 2.45) is 10.9 Å². The van der Waals surface area contributed by atoms with Gasteiger partial charge in [-0.25, -0.2) is 4.98 Å². The Hall–Kier alpha value is -2.38. The second-order valence-corrected chi connectivity index (χ2v) is 8.01. The minimum atomic E-state index is -0.580. The van der Waals surface area contributed by atoms with Gasteiger partial charge in [0.05, 0.1) is 6.54 Å². The highest BCUT2D eigenvalue weighted by Crippen LogP contribution is 2.29. The molecule has 0 aliphatic rings. The van der Waals surface area contributed by atoms with Crippen LogP contribution in [0.3, 0.4) is 0 Å². The van der Waals surface area contributed by atoms with Crippen molar-refractivity contribution in [2.75, 3.05) is 13.6 Å². The highest BCUT2D eigenvalue weighted by Gasteiger charge is 2.12. The summed E-state index contributed by atoms with van der Waals surface area (Å²) in [7, 11) is 1.72. The minimum Gasteiger partial charge on any atom is -0.386 e. The van der Waals surface area contributed by atoms with E-state index < -0.39 is 6.10 Å². The van der Waals surface area contributed by atoms with Crippen molar-refractivity contribution < 1.29 is 5.11 Å². The molecule has 6 nitrogen and oxygen atoms in total. The van der Waals surface area contributed by atoms with Gasteiger partial charge in [-0.1, -0.05) is 32.0 Å². The molecule has 3 aromatic rings. The van der Waals surface area contributed by atoms with Gasteiger partial charge in [-0.15, -0.1) is 11.3 Å². The Morgan fingerprint density at radius 3 is 2.85 bits per heavy atom. The quantitative estimate of drug-likeness (QED) is 0.431. The maximum atomic E-state index is 10.5. The summed E-state index contributed by atoms with van der Waals surface area (Å²) in [4.78, 5) is 9.60. The molecule has 0 bridgehead atoms. The number of aliphatic hydroxyl groups is 1. The second kappa shape index (κ2) is 9.01. The summed E-state index contributed by atoms with van der Waals surface area (Å²) in [6, 6.07) is 10.2. The largest absolute Gasteiger partial charge is 0.386 e. The third-order valence-electron chi connectivity index (χ3n) is 4.24. The molecule has 2 heterocycles. The molecule has 0 amide bonds. The van der Waals surface area contributed by atoms with E-state index in [9.17, 15) is 5.11 Å². The molecular weight excluding hydrogens is 358 g/mol. The van der Waals surface area contributed by atoms with Crippen LogP contribution in [0.4, 0.5) is 0 Å². The summed E-state index contributed by atoms with van der Waals surface area (Å²) in [5.74, 6) is 2.18. The van der Waals surface area contributed by atoms with Crippen molar-refractivity contribution in [3.05, 3.63) is 53.4 Å². The minimum absolute atomic E-state index is 0.396. The van der Waals surface area contributed by atoms with Gasteiger partial charge in [0.1, 0.15) is 11.9 Å². The molecule has 2 aromatic heterocycles. The molecular formula is C20H27N5OS. The lowest BCUT2D eigenvalue weighted by atomic mass is 10.2. The number of nitrogens with one attached hydrogen (secondary N) is 2. The van der Waals surface area contributed by atoms with Crippen LogP contribution in [0.5, 0.6) is 0 Å². The first-order valence-electron chi connectivity index (χ1n) is 9.18. The zero-order chi connectivity index (χ0) is 19.2. The molecule has 3 rings (SSSR count). The smallest absolute Gasteiger partial charge is 0.191 e. The molecule has 0 saturated carbocycles. The normalized spacial score (nSPS) is 13.3. The van der Waals surface area contributed by atoms with E-state index in [1.165, 1.54) is 4.70 Å². The van der Waals surface area contributed by atoms with Gasteiger partial charge in [0, 0.05) is 42.1 Å². The molecule has 27 heavy (non-hydrogen) atoms. The number of benzene rings is 1. The fourth-order valence-corrected chi connectivity index (χ4v) is 3.96. The van der Waals surface area contributed by atoms with Crippen molar-refractivity contribution >= 4 is 27.4 Å². The lowest BCUT2D eigenvalue weighted by Crippen LogP contribution is -2.39. The maximum absolute atomic E-state index is 10.5. The molecule has 0 spiro atoms. The number of aromatic nitrogens is 2. The van der Waals surface area contributed by atoms with E-state index in [0.717, 1.165) is 22.6 Å². The Kier molecular flexibility index (Phi) is 6.47. The predicted octanol–water partition coefficient (Wildman–Crippen LogP) is 3.15. The van der Waals surface area contributed by atoms with Crippen LogP contribution in [0.25, 0.3) is 10.1 Å². The van der Waals surface area contributed by atoms with Crippen molar-refractivity contribution in [3.8, 4) is 0 Å². The summed E-state index contributed by atoms with van der Waals surface area (Å²) < 4.78 is 3.34. The van der Waals surface area contributed by atoms with E-state index in [1.54, 1.807) is 18.4 Å². The van der Waals surface area contributed by atoms with Gasteiger partial charge < -0.3 is 20.3 Å². The molecule has 1 unspecified atom stereocenters. The molecule has 7 heteroatoms. The van der Waals surface area contributed by atoms with Gasteiger partial charge in [0.15, 0.2) is 5.96 Å². The van der Waals surface area contributed by atoms with E-state index in [2.05, 4.69) is 51.2 Å². The van der Waals surface area contributed by atoms with Gasteiger partial charge in [0.25, 0.3) is 0 Å². The molecule has 1 aromatic carbocycles. The first-order chi connectivity index (χ1) is 13.1. The Balaban J connectivity index is 1.54. The number of thiophene rings is 1. The number of hydrogen-bond donors (Lipinski definition) is 3. The van der Waals surface area contributed by atoms with E-state index in [4.69, 9.17) is 0 Å². The van der Waals surface area contributed by atoms with Crippen LogP contribution in [0.15, 0.2) is 47.7 Å². The number of fused-ring (bicyclic) bond motifs is 1. The Morgan fingerprint density at radius 2 is 2.11 bits per heavy atom. The molecule has 0 aliphatic carbocycles. The van der Waals surface area contributed by atoms with Crippen LogP contribution < -0.4 is 10.6 Å². The summed E-state index contributed by atoms with van der Waals surface area (Å²) in [5.41, 5.74) is 0. The van der Waals surface area contributed by atoms with Crippen LogP contribution in [0.1, 0.15) is 30.7 Å². The molecule has 3 N–H and O–H groups in total. The van der Waals surface area contributed by atoms with Crippen molar-refractivity contribution in [1.82, 2.24) is 20.2 Å². The van der Waals surface area contributed by atoms with E-state index in [0.29, 0.717) is 25.0 Å². The third kappa shape index (κ3) is 5.08. The van der Waals surface area contributed by atoms with Crippen LogP contribution in [-0.2, 0) is 13.1 Å². The van der Waals surface area contributed by atoms with Crippen molar-refractivity contribution in [1.29, 1.82) is 0 Å². The zero-order valence-corrected chi connectivity index (χ0v) is 16.8. The average molecular weight is 386 g/mol. The van der Waals surface area contributed by atoms with Crippen LogP contribution in [0, 0.1) is 5.92 Å². The molecule has 144 valence electrons. The molecule has 0 saturated heterocycles. The highest BCUT2D eigenvalue weighted by atomic mass is 32.1. The number of guanidine groups is 1. The lowest BCUT2D eigenvalue weighted by Gasteiger charge is -2.15. The molecule has 1 atom stereocenters. The third-order valence-corrected chi connectivity index (χ3v) is 5.45. The highest BCUT2D eigenvalue weighted by molar-refractivity contribution is 7.19. The molecule has 0 fully saturated rings. The first-order valence-corrected chi connectivity index (χ1v) is 9.99. The van der Waals surface area contributed by atoms with Gasteiger partial charge in [-0.05, 0) is 23.4 Å². The maximum Gasteiger partial charge on any atom is 0.191 e. The van der Waals surface area contributed by atoms with Crippen LogP contribution in [-0.4, -0.2) is 34.2 Å². The monoisotopic (exact) mass is 385 g/mol. The standard InChI is InChI=1S/C20H27N5OS/c1-14(2)13-25-9-8-22-19(25)12-24-20(21-3)23-11-16(26)18-10-15-6-4-5-7-17(15)27-18/h4-10,14,16,26H,11-13H2,1-3H3,(H2,21,23,24). The van der Waals surface area contributed by atoms with E-state index in [1.807, 2.05) is 30.6 Å². The van der Waals surface area contributed by atoms with Crippen LogP contribution >= 0.6 is 11.3 Å². The zero-order valence-electron chi connectivity index (χ0n) is 16.0. The average Bonchev–Trinajstić information content (AvgIpc) is 3.27. The molecule has 0 radical (unpaired) electrons. The summed E-state index contributed by atoms with van der Waals surface area (Å²) in [6.45, 7) is 6.29. The summed E-state index contributed by atoms with van der Waals surface area (Å²) in [6.07, 6.45) is 3.24.